The van der Waals surface area contributed by atoms with E-state index in [4.69, 9.17) is 9.47 Å². The molecule has 0 saturated carbocycles. The van der Waals surface area contributed by atoms with Gasteiger partial charge in [0.15, 0.2) is 11.5 Å². The summed E-state index contributed by atoms with van der Waals surface area (Å²) in [6.07, 6.45) is 0.362. The van der Waals surface area contributed by atoms with Crippen molar-refractivity contribution < 1.29 is 14.6 Å². The molecule has 1 N–H and O–H groups in total. The van der Waals surface area contributed by atoms with Crippen LogP contribution in [0.1, 0.15) is 29.2 Å². The third kappa shape index (κ3) is 4.10. The lowest BCUT2D eigenvalue weighted by molar-refractivity contribution is 0.109. The Kier molecular flexibility index (Phi) is 5.74. The van der Waals surface area contributed by atoms with Gasteiger partial charge in [-0.3, -0.25) is 4.90 Å². The van der Waals surface area contributed by atoms with Gasteiger partial charge in [0.1, 0.15) is 0 Å². The Labute approximate surface area is 167 Å². The quantitative estimate of drug-likeness (QED) is 0.879. The maximum atomic E-state index is 10.8. The topological polar surface area (TPSA) is 45.2 Å². The Morgan fingerprint density at radius 3 is 2.50 bits per heavy atom. The molecular formula is C23H30N2O3. The van der Waals surface area contributed by atoms with Crippen molar-refractivity contribution in [3.63, 3.8) is 0 Å². The van der Waals surface area contributed by atoms with Gasteiger partial charge < -0.3 is 19.5 Å². The third-order valence-corrected chi connectivity index (χ3v) is 5.88. The lowest BCUT2D eigenvalue weighted by atomic mass is 10.1. The Bertz CT molecular complexity index is 815. The van der Waals surface area contributed by atoms with Crippen LogP contribution >= 0.6 is 0 Å². The minimum absolute atomic E-state index is 0.524. The van der Waals surface area contributed by atoms with Gasteiger partial charge in [-0.2, -0.15) is 0 Å². The number of piperazine rings is 1. The summed E-state index contributed by atoms with van der Waals surface area (Å²) in [5, 5.41) is 10.8. The van der Waals surface area contributed by atoms with E-state index in [1.165, 1.54) is 16.8 Å². The normalized spacial score (nSPS) is 18.6. The minimum atomic E-state index is -0.524. The van der Waals surface area contributed by atoms with Crippen LogP contribution in [0, 0.1) is 13.8 Å². The van der Waals surface area contributed by atoms with Crippen molar-refractivity contribution in [3.8, 4) is 11.5 Å². The van der Waals surface area contributed by atoms with E-state index >= 15 is 0 Å². The summed E-state index contributed by atoms with van der Waals surface area (Å²) in [6.45, 7) is 10.2. The summed E-state index contributed by atoms with van der Waals surface area (Å²) in [5.74, 6) is 1.52. The van der Waals surface area contributed by atoms with Gasteiger partial charge in [-0.15, -0.1) is 0 Å². The van der Waals surface area contributed by atoms with Crippen molar-refractivity contribution in [2.75, 3.05) is 50.8 Å². The van der Waals surface area contributed by atoms with Crippen LogP contribution in [-0.4, -0.2) is 55.9 Å². The summed E-state index contributed by atoms with van der Waals surface area (Å²) in [5.41, 5.74) is 4.93. The van der Waals surface area contributed by atoms with Crippen molar-refractivity contribution in [1.82, 2.24) is 4.90 Å². The second-order valence-electron chi connectivity index (χ2n) is 7.78. The highest BCUT2D eigenvalue weighted by molar-refractivity contribution is 5.56. The number of hydrogen-bond acceptors (Lipinski definition) is 5. The highest BCUT2D eigenvalue weighted by atomic mass is 16.5. The van der Waals surface area contributed by atoms with Crippen LogP contribution in [0.3, 0.4) is 0 Å². The average molecular weight is 383 g/mol. The molecule has 2 aliphatic rings. The number of aliphatic hydroxyl groups is 1. The number of hydrogen-bond donors (Lipinski definition) is 1. The van der Waals surface area contributed by atoms with Crippen molar-refractivity contribution in [2.45, 2.75) is 26.4 Å². The molecule has 2 aliphatic heterocycles. The number of β-amino-alcohol motifs (C(OH)–C–C–N with tert-alkyl or cyclic N) is 1. The van der Waals surface area contributed by atoms with Crippen LogP contribution in [0.15, 0.2) is 36.4 Å². The number of benzene rings is 2. The molecule has 2 aromatic rings. The molecule has 28 heavy (non-hydrogen) atoms. The fourth-order valence-electron chi connectivity index (χ4n) is 3.99. The highest BCUT2D eigenvalue weighted by Gasteiger charge is 2.22. The number of nitrogens with zero attached hydrogens (tertiary/aromatic N) is 2. The Morgan fingerprint density at radius 1 is 0.964 bits per heavy atom. The Hall–Kier alpha value is -2.24. The molecule has 150 valence electrons. The molecule has 5 nitrogen and oxygen atoms in total. The highest BCUT2D eigenvalue weighted by Crippen LogP contribution is 2.32. The second-order valence-corrected chi connectivity index (χ2v) is 7.78. The fraction of sp³-hybridized carbons (Fsp3) is 0.478. The van der Waals surface area contributed by atoms with Gasteiger partial charge in [-0.25, -0.2) is 0 Å². The maximum absolute atomic E-state index is 10.8. The molecule has 0 unspecified atom stereocenters. The van der Waals surface area contributed by atoms with E-state index in [9.17, 15) is 5.11 Å². The van der Waals surface area contributed by atoms with E-state index in [2.05, 4.69) is 41.8 Å². The zero-order valence-corrected chi connectivity index (χ0v) is 16.9. The molecule has 0 bridgehead atoms. The van der Waals surface area contributed by atoms with Crippen molar-refractivity contribution >= 4 is 5.69 Å². The molecule has 0 aliphatic carbocycles. The zero-order chi connectivity index (χ0) is 19.5. The molecular weight excluding hydrogens is 352 g/mol. The van der Waals surface area contributed by atoms with Gasteiger partial charge in [0.2, 0.25) is 0 Å². The molecule has 2 aromatic carbocycles. The van der Waals surface area contributed by atoms with Crippen LogP contribution in [0.4, 0.5) is 5.69 Å². The lowest BCUT2D eigenvalue weighted by Gasteiger charge is -2.37. The summed E-state index contributed by atoms with van der Waals surface area (Å²) in [4.78, 5) is 4.80. The van der Waals surface area contributed by atoms with Gasteiger partial charge in [0.05, 0.1) is 19.3 Å². The predicted octanol–water partition coefficient (Wildman–Crippen LogP) is 3.32. The van der Waals surface area contributed by atoms with Gasteiger partial charge in [0, 0.05) is 44.8 Å². The molecule has 4 rings (SSSR count). The number of aryl methyl sites for hydroxylation is 1. The van der Waals surface area contributed by atoms with E-state index < -0.39 is 6.10 Å². The predicted molar refractivity (Wildman–Crippen MR) is 112 cm³/mol. The van der Waals surface area contributed by atoms with E-state index in [0.717, 1.165) is 49.7 Å². The number of aliphatic hydroxyl groups excluding tert-OH is 1. The minimum Gasteiger partial charge on any atom is -0.490 e. The first kappa shape index (κ1) is 19.1. The molecule has 1 fully saturated rings. The van der Waals surface area contributed by atoms with Crippen molar-refractivity contribution in [2.24, 2.45) is 0 Å². The van der Waals surface area contributed by atoms with Gasteiger partial charge in [-0.05, 0) is 48.7 Å². The average Bonchev–Trinajstić information content (AvgIpc) is 2.95. The van der Waals surface area contributed by atoms with Crippen molar-refractivity contribution in [1.29, 1.82) is 0 Å². The zero-order valence-electron chi connectivity index (χ0n) is 16.9. The molecule has 1 atom stereocenters. The van der Waals surface area contributed by atoms with E-state index in [0.29, 0.717) is 19.8 Å². The smallest absolute Gasteiger partial charge is 0.161 e. The molecule has 0 aromatic heterocycles. The van der Waals surface area contributed by atoms with Crippen LogP contribution in [-0.2, 0) is 0 Å². The Morgan fingerprint density at radius 2 is 1.71 bits per heavy atom. The summed E-state index contributed by atoms with van der Waals surface area (Å²) < 4.78 is 11.4. The number of ether oxygens (including phenoxy) is 2. The standard InChI is InChI=1S/C23H30N2O3/c1-17-5-3-6-20(18(17)2)25-11-9-24(10-12-25)16-21(26)19-7-8-22-23(15-19)28-14-4-13-27-22/h3,5-8,15,21,26H,4,9-14,16H2,1-2H3/t21-/m0/s1. The number of fused-ring (bicyclic) bond motifs is 1. The van der Waals surface area contributed by atoms with Crippen LogP contribution in [0.5, 0.6) is 11.5 Å². The fourth-order valence-corrected chi connectivity index (χ4v) is 3.99. The third-order valence-electron chi connectivity index (χ3n) is 5.88. The summed E-state index contributed by atoms with van der Waals surface area (Å²) >= 11 is 0. The molecule has 5 heteroatoms. The summed E-state index contributed by atoms with van der Waals surface area (Å²) in [6, 6.07) is 12.3. The molecule has 0 amide bonds. The van der Waals surface area contributed by atoms with Gasteiger partial charge in [0.25, 0.3) is 0 Å². The van der Waals surface area contributed by atoms with Crippen LogP contribution in [0.25, 0.3) is 0 Å². The molecule has 1 saturated heterocycles. The van der Waals surface area contributed by atoms with Crippen molar-refractivity contribution in [3.05, 3.63) is 53.1 Å². The summed E-state index contributed by atoms with van der Waals surface area (Å²) in [7, 11) is 0. The monoisotopic (exact) mass is 382 g/mol. The second kappa shape index (κ2) is 8.41. The lowest BCUT2D eigenvalue weighted by Crippen LogP contribution is -2.47. The molecule has 2 heterocycles. The van der Waals surface area contributed by atoms with E-state index in [1.54, 1.807) is 0 Å². The molecule has 0 spiro atoms. The SMILES string of the molecule is Cc1cccc(N2CCN(C[C@H](O)c3ccc4c(c3)OCCCO4)CC2)c1C. The first-order valence-electron chi connectivity index (χ1n) is 10.2. The Balaban J connectivity index is 1.36. The van der Waals surface area contributed by atoms with Gasteiger partial charge >= 0.3 is 0 Å². The van der Waals surface area contributed by atoms with Gasteiger partial charge in [-0.1, -0.05) is 18.2 Å². The molecule has 0 radical (unpaired) electrons. The van der Waals surface area contributed by atoms with E-state index in [1.807, 2.05) is 18.2 Å². The largest absolute Gasteiger partial charge is 0.490 e. The maximum Gasteiger partial charge on any atom is 0.161 e. The first-order valence-corrected chi connectivity index (χ1v) is 10.2. The van der Waals surface area contributed by atoms with E-state index in [-0.39, 0.29) is 0 Å². The first-order chi connectivity index (χ1) is 13.6. The van der Waals surface area contributed by atoms with Crippen LogP contribution < -0.4 is 14.4 Å². The van der Waals surface area contributed by atoms with Crippen LogP contribution in [0.2, 0.25) is 0 Å². The number of rotatable bonds is 4. The number of anilines is 1.